The molecular formula is C8H16Cl2O. The summed E-state index contributed by atoms with van der Waals surface area (Å²) in [5.41, 5.74) is 0. The average molecular weight is 199 g/mol. The molecule has 0 fully saturated rings. The molecule has 0 saturated carbocycles. The van der Waals surface area contributed by atoms with Crippen LogP contribution in [0.2, 0.25) is 0 Å². The lowest BCUT2D eigenvalue weighted by Crippen LogP contribution is -2.09. The summed E-state index contributed by atoms with van der Waals surface area (Å²) >= 11 is 10.7. The highest BCUT2D eigenvalue weighted by Gasteiger charge is 2.17. The maximum absolute atomic E-state index is 8.91. The Kier molecular flexibility index (Phi) is 6.40. The van der Waals surface area contributed by atoms with Gasteiger partial charge in [0.05, 0.1) is 0 Å². The molecule has 0 aliphatic heterocycles. The van der Waals surface area contributed by atoms with Gasteiger partial charge >= 0.3 is 0 Å². The molecule has 1 N–H and O–H groups in total. The zero-order valence-electron chi connectivity index (χ0n) is 6.95. The van der Waals surface area contributed by atoms with Gasteiger partial charge in [-0.2, -0.15) is 0 Å². The van der Waals surface area contributed by atoms with Gasteiger partial charge in [0.15, 0.2) is 0 Å². The van der Waals surface area contributed by atoms with Crippen LogP contribution < -0.4 is 0 Å². The van der Waals surface area contributed by atoms with Crippen molar-refractivity contribution in [3.8, 4) is 0 Å². The molecule has 11 heavy (non-hydrogen) atoms. The number of hydrogen-bond acceptors (Lipinski definition) is 1. The third-order valence-corrected chi connectivity index (χ3v) is 1.96. The van der Waals surface area contributed by atoms with Crippen LogP contribution in [0.25, 0.3) is 0 Å². The molecule has 0 spiro atoms. The van der Waals surface area contributed by atoms with E-state index in [-0.39, 0.29) is 0 Å². The third kappa shape index (κ3) is 10.5. The summed E-state index contributed by atoms with van der Waals surface area (Å²) in [6.45, 7) is 2.17. The summed E-state index contributed by atoms with van der Waals surface area (Å²) in [5.74, 6) is 0. The molecule has 0 saturated heterocycles. The lowest BCUT2D eigenvalue weighted by Gasteiger charge is -2.10. The van der Waals surface area contributed by atoms with E-state index < -0.39 is 4.52 Å². The fourth-order valence-corrected chi connectivity index (χ4v) is 1.21. The first-order valence-electron chi connectivity index (χ1n) is 4.16. The van der Waals surface area contributed by atoms with Gasteiger partial charge in [0, 0.05) is 6.42 Å². The Morgan fingerprint density at radius 1 is 1.09 bits per heavy atom. The average Bonchev–Trinajstić information content (AvgIpc) is 1.85. The van der Waals surface area contributed by atoms with Crippen LogP contribution >= 0.6 is 23.2 Å². The van der Waals surface area contributed by atoms with Crippen molar-refractivity contribution in [1.29, 1.82) is 0 Å². The molecule has 0 amide bonds. The second kappa shape index (κ2) is 6.10. The number of rotatable bonds is 6. The van der Waals surface area contributed by atoms with Crippen molar-refractivity contribution in [1.82, 2.24) is 0 Å². The predicted octanol–water partition coefficient (Wildman–Crippen LogP) is 3.47. The zero-order valence-corrected chi connectivity index (χ0v) is 8.46. The van der Waals surface area contributed by atoms with E-state index in [0.717, 1.165) is 12.8 Å². The van der Waals surface area contributed by atoms with Crippen molar-refractivity contribution >= 4 is 23.2 Å². The second-order valence-electron chi connectivity index (χ2n) is 2.83. The number of hydrogen-bond donors (Lipinski definition) is 1. The van der Waals surface area contributed by atoms with Gasteiger partial charge in [-0.05, 0) is 6.42 Å². The van der Waals surface area contributed by atoms with E-state index in [1.165, 1.54) is 19.3 Å². The van der Waals surface area contributed by atoms with Crippen molar-refractivity contribution in [2.24, 2.45) is 0 Å². The normalized spacial score (nSPS) is 12.0. The van der Waals surface area contributed by atoms with Crippen molar-refractivity contribution in [2.45, 2.75) is 50.0 Å². The number of halogens is 2. The number of alkyl halides is 2. The van der Waals surface area contributed by atoms with E-state index in [9.17, 15) is 0 Å². The van der Waals surface area contributed by atoms with Crippen molar-refractivity contribution in [2.75, 3.05) is 0 Å². The fraction of sp³-hybridized carbons (Fsp3) is 1.00. The van der Waals surface area contributed by atoms with Gasteiger partial charge in [0.1, 0.15) is 0 Å². The second-order valence-corrected chi connectivity index (χ2v) is 4.27. The van der Waals surface area contributed by atoms with E-state index in [1.54, 1.807) is 0 Å². The summed E-state index contributed by atoms with van der Waals surface area (Å²) in [7, 11) is 0. The molecule has 0 aliphatic rings. The molecule has 0 aromatic carbocycles. The summed E-state index contributed by atoms with van der Waals surface area (Å²) in [4.78, 5) is 0. The molecule has 0 radical (unpaired) electrons. The summed E-state index contributed by atoms with van der Waals surface area (Å²) in [6.07, 6.45) is 6.17. The minimum absolute atomic E-state index is 0.472. The summed E-state index contributed by atoms with van der Waals surface area (Å²) in [5, 5.41) is 8.91. The van der Waals surface area contributed by atoms with Gasteiger partial charge in [0.2, 0.25) is 4.52 Å². The first-order chi connectivity index (χ1) is 5.06. The van der Waals surface area contributed by atoms with Crippen LogP contribution in [0.1, 0.15) is 45.4 Å². The monoisotopic (exact) mass is 198 g/mol. The lowest BCUT2D eigenvalue weighted by atomic mass is 10.1. The Balaban J connectivity index is 3.02. The smallest absolute Gasteiger partial charge is 0.214 e. The Hall–Kier alpha value is 0.540. The van der Waals surface area contributed by atoms with E-state index in [1.807, 2.05) is 0 Å². The van der Waals surface area contributed by atoms with E-state index in [0.29, 0.717) is 6.42 Å². The summed E-state index contributed by atoms with van der Waals surface area (Å²) < 4.78 is -1.51. The topological polar surface area (TPSA) is 20.2 Å². The molecule has 0 aliphatic carbocycles. The molecule has 68 valence electrons. The van der Waals surface area contributed by atoms with Gasteiger partial charge < -0.3 is 5.11 Å². The van der Waals surface area contributed by atoms with Gasteiger partial charge in [-0.25, -0.2) is 0 Å². The Morgan fingerprint density at radius 3 is 2.09 bits per heavy atom. The number of aliphatic hydroxyl groups is 1. The minimum atomic E-state index is -1.51. The van der Waals surface area contributed by atoms with Crippen LogP contribution in [0.15, 0.2) is 0 Å². The van der Waals surface area contributed by atoms with E-state index in [4.69, 9.17) is 28.3 Å². The maximum atomic E-state index is 8.91. The molecular weight excluding hydrogens is 183 g/mol. The van der Waals surface area contributed by atoms with Gasteiger partial charge in [0.25, 0.3) is 0 Å². The molecule has 0 atom stereocenters. The summed E-state index contributed by atoms with van der Waals surface area (Å²) in [6, 6.07) is 0. The molecule has 0 heterocycles. The van der Waals surface area contributed by atoms with Gasteiger partial charge in [-0.3, -0.25) is 0 Å². The Labute approximate surface area is 78.7 Å². The van der Waals surface area contributed by atoms with Crippen LogP contribution in [0.5, 0.6) is 0 Å². The SMILES string of the molecule is CCCCCCCC(O)(Cl)Cl. The van der Waals surface area contributed by atoms with E-state index >= 15 is 0 Å². The third-order valence-electron chi connectivity index (χ3n) is 1.58. The maximum Gasteiger partial charge on any atom is 0.214 e. The first kappa shape index (κ1) is 11.5. The molecule has 0 aromatic heterocycles. The highest BCUT2D eigenvalue weighted by molar-refractivity contribution is 6.46. The quantitative estimate of drug-likeness (QED) is 0.513. The van der Waals surface area contributed by atoms with Crippen LogP contribution in [0, 0.1) is 0 Å². The van der Waals surface area contributed by atoms with E-state index in [2.05, 4.69) is 6.92 Å². The van der Waals surface area contributed by atoms with Crippen molar-refractivity contribution < 1.29 is 5.11 Å². The molecule has 3 heteroatoms. The molecule has 0 unspecified atom stereocenters. The molecule has 0 rings (SSSR count). The molecule has 0 aromatic rings. The van der Waals surface area contributed by atoms with Crippen molar-refractivity contribution in [3.63, 3.8) is 0 Å². The lowest BCUT2D eigenvalue weighted by molar-refractivity contribution is 0.199. The largest absolute Gasteiger partial charge is 0.363 e. The van der Waals surface area contributed by atoms with Crippen LogP contribution in [0.3, 0.4) is 0 Å². The Morgan fingerprint density at radius 2 is 1.64 bits per heavy atom. The highest BCUT2D eigenvalue weighted by Crippen LogP contribution is 2.24. The predicted molar refractivity (Wildman–Crippen MR) is 50.0 cm³/mol. The molecule has 1 nitrogen and oxygen atoms in total. The Bertz CT molecular complexity index is 88.6. The highest BCUT2D eigenvalue weighted by atomic mass is 35.5. The fourth-order valence-electron chi connectivity index (χ4n) is 0.941. The first-order valence-corrected chi connectivity index (χ1v) is 4.92. The van der Waals surface area contributed by atoms with Crippen LogP contribution in [-0.4, -0.2) is 9.63 Å². The zero-order chi connectivity index (χ0) is 8.74. The van der Waals surface area contributed by atoms with Gasteiger partial charge in [-0.15, -0.1) is 0 Å². The standard InChI is InChI=1S/C8H16Cl2O/c1-2-3-4-5-6-7-8(9,10)11/h11H,2-7H2,1H3. The minimum Gasteiger partial charge on any atom is -0.363 e. The van der Waals surface area contributed by atoms with Crippen LogP contribution in [0.4, 0.5) is 0 Å². The number of unbranched alkanes of at least 4 members (excludes halogenated alkanes) is 4. The van der Waals surface area contributed by atoms with Gasteiger partial charge in [-0.1, -0.05) is 55.8 Å². The molecule has 0 bridgehead atoms. The van der Waals surface area contributed by atoms with Crippen molar-refractivity contribution in [3.05, 3.63) is 0 Å². The van der Waals surface area contributed by atoms with Crippen LogP contribution in [-0.2, 0) is 0 Å².